The zero-order valence-electron chi connectivity index (χ0n) is 9.97. The number of aliphatic hydroxyl groups is 1. The summed E-state index contributed by atoms with van der Waals surface area (Å²) in [7, 11) is 0. The van der Waals surface area contributed by atoms with Crippen molar-refractivity contribution in [2.45, 2.75) is 20.5 Å². The fourth-order valence-corrected chi connectivity index (χ4v) is 1.73. The Balaban J connectivity index is 2.24. The fourth-order valence-electron chi connectivity index (χ4n) is 1.73. The number of rotatable bonds is 3. The summed E-state index contributed by atoms with van der Waals surface area (Å²) in [5.74, 6) is 1.49. The van der Waals surface area contributed by atoms with Crippen LogP contribution in [0.5, 0.6) is 11.5 Å². The molecule has 0 fully saturated rings. The molecular weight excluding hydrogens is 214 g/mol. The number of ether oxygens (including phenoxy) is 1. The monoisotopic (exact) mass is 229 g/mol. The highest BCUT2D eigenvalue weighted by atomic mass is 16.5. The van der Waals surface area contributed by atoms with E-state index >= 15 is 0 Å². The SMILES string of the molecule is Cc1cc(C)cc(Oc2ccnc(CO)c2)c1. The smallest absolute Gasteiger partial charge is 0.130 e. The van der Waals surface area contributed by atoms with Crippen molar-refractivity contribution in [2.24, 2.45) is 0 Å². The van der Waals surface area contributed by atoms with Gasteiger partial charge in [-0.15, -0.1) is 0 Å². The molecule has 17 heavy (non-hydrogen) atoms. The third-order valence-corrected chi connectivity index (χ3v) is 2.38. The maximum atomic E-state index is 9.00. The van der Waals surface area contributed by atoms with Crippen molar-refractivity contribution < 1.29 is 9.84 Å². The Hall–Kier alpha value is -1.87. The van der Waals surface area contributed by atoms with E-state index in [0.29, 0.717) is 11.4 Å². The molecule has 3 heteroatoms. The first kappa shape index (κ1) is 11.6. The Morgan fingerprint density at radius 1 is 1.06 bits per heavy atom. The van der Waals surface area contributed by atoms with Crippen LogP contribution < -0.4 is 4.74 Å². The topological polar surface area (TPSA) is 42.4 Å². The van der Waals surface area contributed by atoms with Crippen LogP contribution in [-0.4, -0.2) is 10.1 Å². The lowest BCUT2D eigenvalue weighted by molar-refractivity contribution is 0.276. The maximum Gasteiger partial charge on any atom is 0.130 e. The van der Waals surface area contributed by atoms with Crippen molar-refractivity contribution >= 4 is 0 Å². The maximum absolute atomic E-state index is 9.00. The summed E-state index contributed by atoms with van der Waals surface area (Å²) in [6, 6.07) is 9.56. The Morgan fingerprint density at radius 2 is 1.76 bits per heavy atom. The second-order valence-corrected chi connectivity index (χ2v) is 4.07. The number of pyridine rings is 1. The number of aromatic nitrogens is 1. The molecule has 0 saturated heterocycles. The molecule has 1 aromatic carbocycles. The first-order valence-electron chi connectivity index (χ1n) is 5.49. The van der Waals surface area contributed by atoms with E-state index in [4.69, 9.17) is 9.84 Å². The molecule has 0 aliphatic heterocycles. The summed E-state index contributed by atoms with van der Waals surface area (Å²) < 4.78 is 5.73. The summed E-state index contributed by atoms with van der Waals surface area (Å²) in [5.41, 5.74) is 2.93. The number of aliphatic hydroxyl groups excluding tert-OH is 1. The lowest BCUT2D eigenvalue weighted by Crippen LogP contribution is -1.91. The average molecular weight is 229 g/mol. The van der Waals surface area contributed by atoms with Crippen molar-refractivity contribution in [1.29, 1.82) is 0 Å². The van der Waals surface area contributed by atoms with Crippen LogP contribution in [0.4, 0.5) is 0 Å². The molecule has 0 aliphatic carbocycles. The third-order valence-electron chi connectivity index (χ3n) is 2.38. The summed E-state index contributed by atoms with van der Waals surface area (Å²) in [6.45, 7) is 3.99. The van der Waals surface area contributed by atoms with E-state index in [1.54, 1.807) is 18.3 Å². The van der Waals surface area contributed by atoms with E-state index in [1.807, 2.05) is 26.0 Å². The van der Waals surface area contributed by atoms with Crippen molar-refractivity contribution in [1.82, 2.24) is 4.98 Å². The van der Waals surface area contributed by atoms with Crippen LogP contribution in [0.25, 0.3) is 0 Å². The first-order chi connectivity index (χ1) is 8.17. The number of benzene rings is 1. The zero-order chi connectivity index (χ0) is 12.3. The van der Waals surface area contributed by atoms with Gasteiger partial charge in [-0.1, -0.05) is 6.07 Å². The largest absolute Gasteiger partial charge is 0.457 e. The number of hydrogen-bond donors (Lipinski definition) is 1. The van der Waals surface area contributed by atoms with Crippen LogP contribution in [0.1, 0.15) is 16.8 Å². The van der Waals surface area contributed by atoms with E-state index in [2.05, 4.69) is 11.1 Å². The van der Waals surface area contributed by atoms with E-state index in [-0.39, 0.29) is 6.61 Å². The van der Waals surface area contributed by atoms with Gasteiger partial charge < -0.3 is 9.84 Å². The van der Waals surface area contributed by atoms with Gasteiger partial charge in [0.2, 0.25) is 0 Å². The van der Waals surface area contributed by atoms with Gasteiger partial charge in [0.15, 0.2) is 0 Å². The molecule has 3 nitrogen and oxygen atoms in total. The minimum atomic E-state index is -0.0793. The van der Waals surface area contributed by atoms with Gasteiger partial charge in [0.05, 0.1) is 12.3 Å². The second-order valence-electron chi connectivity index (χ2n) is 4.07. The zero-order valence-corrected chi connectivity index (χ0v) is 9.97. The van der Waals surface area contributed by atoms with Crippen LogP contribution in [0.15, 0.2) is 36.5 Å². The van der Waals surface area contributed by atoms with Gasteiger partial charge in [0.25, 0.3) is 0 Å². The summed E-state index contributed by atoms with van der Waals surface area (Å²) in [4.78, 5) is 4.00. The Kier molecular flexibility index (Phi) is 3.40. The molecule has 88 valence electrons. The Morgan fingerprint density at radius 3 is 2.41 bits per heavy atom. The summed E-state index contributed by atoms with van der Waals surface area (Å²) in [6.07, 6.45) is 1.63. The highest BCUT2D eigenvalue weighted by Gasteiger charge is 2.01. The number of aryl methyl sites for hydroxylation is 2. The van der Waals surface area contributed by atoms with Crippen LogP contribution in [0.3, 0.4) is 0 Å². The molecular formula is C14H15NO2. The van der Waals surface area contributed by atoms with Gasteiger partial charge in [0.1, 0.15) is 11.5 Å². The highest BCUT2D eigenvalue weighted by Crippen LogP contribution is 2.23. The molecule has 1 heterocycles. The van der Waals surface area contributed by atoms with Gasteiger partial charge in [-0.2, -0.15) is 0 Å². The van der Waals surface area contributed by atoms with Crippen molar-refractivity contribution in [2.75, 3.05) is 0 Å². The van der Waals surface area contributed by atoms with E-state index in [0.717, 1.165) is 16.9 Å². The molecule has 0 amide bonds. The highest BCUT2D eigenvalue weighted by molar-refractivity contribution is 5.36. The molecule has 0 bridgehead atoms. The molecule has 0 saturated carbocycles. The molecule has 0 radical (unpaired) electrons. The molecule has 0 aliphatic rings. The van der Waals surface area contributed by atoms with Gasteiger partial charge in [-0.05, 0) is 43.2 Å². The lowest BCUT2D eigenvalue weighted by atomic mass is 10.1. The second kappa shape index (κ2) is 4.97. The van der Waals surface area contributed by atoms with Gasteiger partial charge >= 0.3 is 0 Å². The lowest BCUT2D eigenvalue weighted by Gasteiger charge is -2.08. The Bertz CT molecular complexity index is 503. The predicted molar refractivity (Wildman–Crippen MR) is 66.1 cm³/mol. The third kappa shape index (κ3) is 3.04. The van der Waals surface area contributed by atoms with Crippen molar-refractivity contribution in [3.63, 3.8) is 0 Å². The first-order valence-corrected chi connectivity index (χ1v) is 5.49. The minimum absolute atomic E-state index is 0.0793. The predicted octanol–water partition coefficient (Wildman–Crippen LogP) is 2.98. The van der Waals surface area contributed by atoms with Gasteiger partial charge in [-0.3, -0.25) is 4.98 Å². The van der Waals surface area contributed by atoms with E-state index in [9.17, 15) is 0 Å². The average Bonchev–Trinajstić information content (AvgIpc) is 2.28. The minimum Gasteiger partial charge on any atom is -0.457 e. The normalized spacial score (nSPS) is 10.3. The van der Waals surface area contributed by atoms with Crippen LogP contribution in [-0.2, 0) is 6.61 Å². The molecule has 0 atom stereocenters. The molecule has 2 aromatic rings. The van der Waals surface area contributed by atoms with Gasteiger partial charge in [-0.25, -0.2) is 0 Å². The molecule has 0 spiro atoms. The van der Waals surface area contributed by atoms with Crippen molar-refractivity contribution in [3.8, 4) is 11.5 Å². The fraction of sp³-hybridized carbons (Fsp3) is 0.214. The summed E-state index contributed by atoms with van der Waals surface area (Å²) >= 11 is 0. The van der Waals surface area contributed by atoms with Crippen LogP contribution in [0.2, 0.25) is 0 Å². The molecule has 1 N–H and O–H groups in total. The molecule has 2 rings (SSSR count). The number of nitrogens with zero attached hydrogens (tertiary/aromatic N) is 1. The molecule has 0 unspecified atom stereocenters. The van der Waals surface area contributed by atoms with E-state index < -0.39 is 0 Å². The van der Waals surface area contributed by atoms with Crippen LogP contribution in [0, 0.1) is 13.8 Å². The van der Waals surface area contributed by atoms with Gasteiger partial charge in [0, 0.05) is 12.3 Å². The Labute approximate surface area is 101 Å². The van der Waals surface area contributed by atoms with Crippen LogP contribution >= 0.6 is 0 Å². The summed E-state index contributed by atoms with van der Waals surface area (Å²) in [5, 5.41) is 9.00. The quantitative estimate of drug-likeness (QED) is 0.879. The molecule has 1 aromatic heterocycles. The standard InChI is InChI=1S/C14H15NO2/c1-10-5-11(2)7-14(6-10)17-13-3-4-15-12(8-13)9-16/h3-8,16H,9H2,1-2H3. The van der Waals surface area contributed by atoms with E-state index in [1.165, 1.54) is 0 Å². The van der Waals surface area contributed by atoms with Crippen molar-refractivity contribution in [3.05, 3.63) is 53.3 Å². The number of hydrogen-bond acceptors (Lipinski definition) is 3.